The van der Waals surface area contributed by atoms with Gasteiger partial charge in [-0.3, -0.25) is 10.1 Å². The molecule has 0 radical (unpaired) electrons. The minimum Gasteiger partial charge on any atom is -0.369 e. The highest BCUT2D eigenvalue weighted by Crippen LogP contribution is 2.33. The average molecular weight is 459 g/mol. The fourth-order valence-electron chi connectivity index (χ4n) is 4.76. The molecule has 2 aromatic rings. The Morgan fingerprint density at radius 3 is 2.59 bits per heavy atom. The minimum absolute atomic E-state index is 0.100. The number of likely N-dealkylation sites (N-methyl/N-ethyl adjacent to an activating group) is 1. The first-order valence-electron chi connectivity index (χ1n) is 11.0. The van der Waals surface area contributed by atoms with Gasteiger partial charge in [-0.2, -0.15) is 0 Å². The predicted octanol–water partition coefficient (Wildman–Crippen LogP) is 2.63. The third-order valence-corrected chi connectivity index (χ3v) is 7.91. The molecular weight excluding hydrogens is 428 g/mol. The first-order chi connectivity index (χ1) is 15.2. The number of nitrogens with one attached hydrogen (secondary N) is 1. The zero-order valence-electron chi connectivity index (χ0n) is 18.6. The highest BCUT2D eigenvalue weighted by Gasteiger charge is 2.28. The molecule has 0 saturated carbocycles. The van der Waals surface area contributed by atoms with Crippen molar-refractivity contribution in [3.63, 3.8) is 0 Å². The van der Waals surface area contributed by atoms with Crippen molar-refractivity contribution in [1.29, 1.82) is 0 Å². The molecule has 9 heteroatoms. The molecule has 1 heterocycles. The van der Waals surface area contributed by atoms with Crippen molar-refractivity contribution in [3.8, 4) is 0 Å². The molecular formula is C23H30N4O4S. The van der Waals surface area contributed by atoms with E-state index in [0.717, 1.165) is 39.0 Å². The monoisotopic (exact) mass is 458 g/mol. The second-order valence-corrected chi connectivity index (χ2v) is 10.6. The van der Waals surface area contributed by atoms with E-state index in [4.69, 9.17) is 0 Å². The van der Waals surface area contributed by atoms with E-state index < -0.39 is 14.9 Å². The van der Waals surface area contributed by atoms with Gasteiger partial charge in [0.2, 0.25) is 10.0 Å². The zero-order chi connectivity index (χ0) is 22.9. The molecule has 0 amide bonds. The van der Waals surface area contributed by atoms with Crippen LogP contribution in [0.25, 0.3) is 0 Å². The number of rotatable bonds is 6. The molecule has 0 unspecified atom stereocenters. The summed E-state index contributed by atoms with van der Waals surface area (Å²) in [6.07, 6.45) is 2.24. The fourth-order valence-corrected chi connectivity index (χ4v) is 6.17. The lowest BCUT2D eigenvalue weighted by Gasteiger charge is -2.37. The van der Waals surface area contributed by atoms with E-state index in [-0.39, 0.29) is 17.5 Å². The smallest absolute Gasteiger partial charge is 0.269 e. The molecule has 0 bridgehead atoms. The van der Waals surface area contributed by atoms with Crippen LogP contribution >= 0.6 is 0 Å². The summed E-state index contributed by atoms with van der Waals surface area (Å²) in [7, 11) is -1.49. The number of hydrogen-bond acceptors (Lipinski definition) is 6. The first kappa shape index (κ1) is 22.7. The fraction of sp³-hybridized carbons (Fsp3) is 0.478. The second-order valence-electron chi connectivity index (χ2n) is 8.89. The number of sulfonamides is 1. The number of anilines is 1. The van der Waals surface area contributed by atoms with Gasteiger partial charge in [-0.05, 0) is 61.6 Å². The zero-order valence-corrected chi connectivity index (χ0v) is 19.4. The molecule has 1 aliphatic carbocycles. The minimum atomic E-state index is -3.63. The molecule has 2 aromatic carbocycles. The van der Waals surface area contributed by atoms with Gasteiger partial charge in [-0.15, -0.1) is 0 Å². The van der Waals surface area contributed by atoms with E-state index in [1.165, 1.54) is 40.6 Å². The van der Waals surface area contributed by atoms with Crippen LogP contribution in [0.3, 0.4) is 0 Å². The quantitative estimate of drug-likeness (QED) is 0.528. The summed E-state index contributed by atoms with van der Waals surface area (Å²) in [5.74, 6) is -0.267. The Balaban J connectivity index is 1.50. The molecule has 4 rings (SSSR count). The molecule has 1 N–H and O–H groups in total. The van der Waals surface area contributed by atoms with Crippen LogP contribution in [0.4, 0.5) is 11.4 Å². The Kier molecular flexibility index (Phi) is 6.50. The van der Waals surface area contributed by atoms with Crippen molar-refractivity contribution in [2.24, 2.45) is 0 Å². The number of fused-ring (bicyclic) bond motifs is 1. The molecule has 1 aliphatic heterocycles. The Morgan fingerprint density at radius 1 is 1.12 bits per heavy atom. The number of benzene rings is 2. The summed E-state index contributed by atoms with van der Waals surface area (Å²) in [4.78, 5) is 15.2. The van der Waals surface area contributed by atoms with Crippen LogP contribution in [0.1, 0.15) is 28.7 Å². The number of piperazine rings is 1. The highest BCUT2D eigenvalue weighted by atomic mass is 32.2. The van der Waals surface area contributed by atoms with Crippen molar-refractivity contribution in [2.45, 2.75) is 38.0 Å². The van der Waals surface area contributed by atoms with Crippen LogP contribution in [0, 0.1) is 17.0 Å². The third kappa shape index (κ3) is 5.11. The summed E-state index contributed by atoms with van der Waals surface area (Å²) < 4.78 is 28.6. The highest BCUT2D eigenvalue weighted by molar-refractivity contribution is 7.88. The van der Waals surface area contributed by atoms with E-state index in [1.54, 1.807) is 6.07 Å². The van der Waals surface area contributed by atoms with Gasteiger partial charge in [-0.25, -0.2) is 13.1 Å². The van der Waals surface area contributed by atoms with Crippen molar-refractivity contribution in [1.82, 2.24) is 9.62 Å². The summed E-state index contributed by atoms with van der Waals surface area (Å²) in [6.45, 7) is 6.09. The molecule has 2 aliphatic rings. The summed E-state index contributed by atoms with van der Waals surface area (Å²) in [5, 5.41) is 11.0. The molecule has 8 nitrogen and oxygen atoms in total. The molecule has 0 aromatic heterocycles. The Hall–Kier alpha value is -2.49. The van der Waals surface area contributed by atoms with Gasteiger partial charge in [0, 0.05) is 50.0 Å². The summed E-state index contributed by atoms with van der Waals surface area (Å²) >= 11 is 0. The summed E-state index contributed by atoms with van der Waals surface area (Å²) in [6, 6.07) is 9.99. The van der Waals surface area contributed by atoms with Crippen molar-refractivity contribution < 1.29 is 13.3 Å². The average Bonchev–Trinajstić information content (AvgIpc) is 2.74. The number of hydrogen-bond donors (Lipinski definition) is 1. The molecule has 32 heavy (non-hydrogen) atoms. The van der Waals surface area contributed by atoms with Gasteiger partial charge in [0.25, 0.3) is 5.69 Å². The van der Waals surface area contributed by atoms with Gasteiger partial charge < -0.3 is 9.80 Å². The Labute approximate surface area is 189 Å². The van der Waals surface area contributed by atoms with E-state index >= 15 is 0 Å². The van der Waals surface area contributed by atoms with Gasteiger partial charge in [0.1, 0.15) is 0 Å². The van der Waals surface area contributed by atoms with Crippen molar-refractivity contribution in [3.05, 3.63) is 68.8 Å². The summed E-state index contributed by atoms with van der Waals surface area (Å²) in [5.41, 5.74) is 5.39. The van der Waals surface area contributed by atoms with Crippen molar-refractivity contribution in [2.75, 3.05) is 38.1 Å². The predicted molar refractivity (Wildman–Crippen MR) is 126 cm³/mol. The Morgan fingerprint density at radius 2 is 1.88 bits per heavy atom. The SMILES string of the molecule is Cc1ccc(N2CCN(C)CC2)c2c1CC[C@@H](NS(=O)(=O)Cc1cccc([N+](=O)[O-])c1)C2. The Bertz CT molecular complexity index is 1110. The van der Waals surface area contributed by atoms with Crippen LogP contribution in [0.15, 0.2) is 36.4 Å². The number of nitro benzene ring substituents is 1. The lowest BCUT2D eigenvalue weighted by Crippen LogP contribution is -2.45. The maximum atomic E-state index is 12.9. The standard InChI is InChI=1S/C23H30N4O4S/c1-17-6-9-23(26-12-10-25(2)11-13-26)22-15-19(7-8-21(17)22)24-32(30,31)16-18-4-3-5-20(14-18)27(28)29/h3-6,9,14,19,24H,7-8,10-13,15-16H2,1-2H3/t19-/m1/s1. The van der Waals surface area contributed by atoms with Gasteiger partial charge in [0.15, 0.2) is 0 Å². The molecule has 1 atom stereocenters. The van der Waals surface area contributed by atoms with E-state index in [0.29, 0.717) is 12.0 Å². The maximum Gasteiger partial charge on any atom is 0.269 e. The van der Waals surface area contributed by atoms with Gasteiger partial charge in [-0.1, -0.05) is 18.2 Å². The topological polar surface area (TPSA) is 95.8 Å². The number of nitro groups is 1. The van der Waals surface area contributed by atoms with Crippen LogP contribution < -0.4 is 9.62 Å². The largest absolute Gasteiger partial charge is 0.369 e. The van der Waals surface area contributed by atoms with E-state index in [1.807, 2.05) is 0 Å². The second kappa shape index (κ2) is 9.17. The van der Waals surface area contributed by atoms with Crippen LogP contribution in [0.2, 0.25) is 0 Å². The maximum absolute atomic E-state index is 12.9. The number of non-ortho nitro benzene ring substituents is 1. The molecule has 1 saturated heterocycles. The van der Waals surface area contributed by atoms with Gasteiger partial charge >= 0.3 is 0 Å². The lowest BCUT2D eigenvalue weighted by molar-refractivity contribution is -0.384. The number of nitrogens with zero attached hydrogens (tertiary/aromatic N) is 3. The molecule has 0 spiro atoms. The van der Waals surface area contributed by atoms with E-state index in [2.05, 4.69) is 40.6 Å². The lowest BCUT2D eigenvalue weighted by atomic mass is 9.84. The first-order valence-corrected chi connectivity index (χ1v) is 12.7. The molecule has 172 valence electrons. The van der Waals surface area contributed by atoms with Crippen LogP contribution in [0.5, 0.6) is 0 Å². The normalized spacial score (nSPS) is 19.6. The molecule has 1 fully saturated rings. The number of aryl methyl sites for hydroxylation is 1. The van der Waals surface area contributed by atoms with Crippen LogP contribution in [-0.4, -0.2) is 57.5 Å². The van der Waals surface area contributed by atoms with E-state index in [9.17, 15) is 18.5 Å². The third-order valence-electron chi connectivity index (χ3n) is 6.50. The van der Waals surface area contributed by atoms with Crippen molar-refractivity contribution >= 4 is 21.4 Å². The van der Waals surface area contributed by atoms with Crippen LogP contribution in [-0.2, 0) is 28.6 Å². The van der Waals surface area contributed by atoms with Gasteiger partial charge in [0.05, 0.1) is 10.7 Å².